The molecular formula is C33H42IN5O4. The third-order valence-corrected chi connectivity index (χ3v) is 9.59. The number of rotatable bonds is 11. The summed E-state index contributed by atoms with van der Waals surface area (Å²) in [5.41, 5.74) is 5.93. The molecule has 1 aromatic heterocycles. The topological polar surface area (TPSA) is 99.1 Å². The fourth-order valence-corrected chi connectivity index (χ4v) is 7.40. The molecule has 9 nitrogen and oxygen atoms in total. The molecule has 2 aromatic carbocycles. The van der Waals surface area contributed by atoms with E-state index in [9.17, 15) is 9.59 Å². The smallest absolute Gasteiger partial charge is 0.267 e. The van der Waals surface area contributed by atoms with Crippen molar-refractivity contribution in [2.45, 2.75) is 51.2 Å². The Morgan fingerprint density at radius 2 is 1.81 bits per heavy atom. The van der Waals surface area contributed by atoms with Crippen molar-refractivity contribution in [2.24, 2.45) is 7.05 Å². The van der Waals surface area contributed by atoms with E-state index in [1.165, 1.54) is 12.8 Å². The minimum Gasteiger partial charge on any atom is -0.497 e. The minimum absolute atomic E-state index is 0.0297. The third kappa shape index (κ3) is 6.86. The number of methoxy groups -OCH3 is 1. The number of nitrogens with one attached hydrogen (secondary N) is 2. The second-order valence-electron chi connectivity index (χ2n) is 11.7. The second kappa shape index (κ2) is 13.7. The second-order valence-corrected chi connectivity index (χ2v) is 12.4. The molecule has 5 rings (SSSR count). The average Bonchev–Trinajstić information content (AvgIpc) is 3.52. The van der Waals surface area contributed by atoms with E-state index in [1.54, 1.807) is 11.7 Å². The molecule has 43 heavy (non-hydrogen) atoms. The normalized spacial score (nSPS) is 18.9. The molecular weight excluding hydrogens is 657 g/mol. The number of fused-ring (bicyclic) bond motifs is 2. The first-order valence-corrected chi connectivity index (χ1v) is 16.5. The Labute approximate surface area is 267 Å². The fraction of sp³-hybridized carbons (Fsp3) is 0.455. The number of amides is 2. The van der Waals surface area contributed by atoms with Gasteiger partial charge >= 0.3 is 0 Å². The maximum absolute atomic E-state index is 13.6. The molecule has 0 radical (unpaired) electrons. The molecule has 0 spiro atoms. The van der Waals surface area contributed by atoms with Crippen molar-refractivity contribution in [2.75, 3.05) is 42.8 Å². The number of ether oxygens (including phenoxy) is 1. The molecule has 0 saturated carbocycles. The molecule has 3 heterocycles. The predicted octanol–water partition coefficient (Wildman–Crippen LogP) is 4.66. The van der Waals surface area contributed by atoms with Gasteiger partial charge in [0.25, 0.3) is 11.8 Å². The van der Waals surface area contributed by atoms with Crippen molar-refractivity contribution in [3.63, 3.8) is 0 Å². The van der Waals surface area contributed by atoms with Gasteiger partial charge in [0.15, 0.2) is 0 Å². The first-order chi connectivity index (χ1) is 20.7. The van der Waals surface area contributed by atoms with Crippen LogP contribution in [0.4, 0.5) is 5.69 Å². The average molecular weight is 700 g/mol. The van der Waals surface area contributed by atoms with E-state index in [4.69, 9.17) is 9.84 Å². The highest BCUT2D eigenvalue weighted by atomic mass is 127. The van der Waals surface area contributed by atoms with Gasteiger partial charge in [-0.2, -0.15) is 0 Å². The highest BCUT2D eigenvalue weighted by Crippen LogP contribution is 2.34. The number of aliphatic hydroxyl groups is 1. The maximum atomic E-state index is 13.6. The van der Waals surface area contributed by atoms with Crippen LogP contribution in [0.5, 0.6) is 5.75 Å². The summed E-state index contributed by atoms with van der Waals surface area (Å²) in [6, 6.07) is 14.9. The molecule has 3 N–H and O–H groups in total. The van der Waals surface area contributed by atoms with Crippen LogP contribution < -0.4 is 20.3 Å². The lowest BCUT2D eigenvalue weighted by molar-refractivity contribution is 0.0932. The predicted molar refractivity (Wildman–Crippen MR) is 178 cm³/mol. The van der Waals surface area contributed by atoms with Gasteiger partial charge in [0, 0.05) is 68.4 Å². The lowest BCUT2D eigenvalue weighted by Crippen LogP contribution is -2.53. The van der Waals surface area contributed by atoms with Crippen molar-refractivity contribution < 1.29 is 19.4 Å². The molecule has 0 unspecified atom stereocenters. The van der Waals surface area contributed by atoms with Crippen LogP contribution in [-0.2, 0) is 7.05 Å². The number of piperazine rings is 1. The summed E-state index contributed by atoms with van der Waals surface area (Å²) >= 11 is 2.48. The number of aromatic nitrogens is 1. The lowest BCUT2D eigenvalue weighted by Gasteiger charge is -2.41. The Kier molecular flexibility index (Phi) is 9.98. The zero-order valence-corrected chi connectivity index (χ0v) is 27.6. The summed E-state index contributed by atoms with van der Waals surface area (Å²) in [5, 5.41) is 15.1. The van der Waals surface area contributed by atoms with Gasteiger partial charge in [-0.05, 0) is 86.2 Å². The molecule has 2 saturated heterocycles. The monoisotopic (exact) mass is 699 g/mol. The maximum Gasteiger partial charge on any atom is 0.267 e. The SMILES string of the molecule is COc1cc(-c2cc(C(=O)NCCCO)n(C)c2)cc([C@@H](C)NC(=O)c2cc(N3C[C@H]4CC[C@@H](C3)N4CI)ccc2C)c1. The molecule has 3 atom stereocenters. The van der Waals surface area contributed by atoms with Crippen LogP contribution >= 0.6 is 22.6 Å². The number of benzene rings is 2. The summed E-state index contributed by atoms with van der Waals surface area (Å²) in [6.45, 7) is 6.40. The number of alkyl halides is 1. The van der Waals surface area contributed by atoms with E-state index >= 15 is 0 Å². The van der Waals surface area contributed by atoms with Crippen molar-refractivity contribution in [1.29, 1.82) is 0 Å². The Morgan fingerprint density at radius 1 is 1.07 bits per heavy atom. The quantitative estimate of drug-likeness (QED) is 0.117. The lowest BCUT2D eigenvalue weighted by atomic mass is 10.00. The molecule has 230 valence electrons. The van der Waals surface area contributed by atoms with E-state index in [-0.39, 0.29) is 24.5 Å². The Balaban J connectivity index is 1.33. The number of aliphatic hydroxyl groups excluding tert-OH is 1. The molecule has 2 bridgehead atoms. The van der Waals surface area contributed by atoms with Gasteiger partial charge in [-0.25, -0.2) is 0 Å². The number of hydrogen-bond donors (Lipinski definition) is 3. The highest BCUT2D eigenvalue weighted by molar-refractivity contribution is 14.1. The first-order valence-electron chi connectivity index (χ1n) is 14.9. The van der Waals surface area contributed by atoms with Crippen LogP contribution in [-0.4, -0.2) is 76.4 Å². The Morgan fingerprint density at radius 3 is 2.49 bits per heavy atom. The standard InChI is InChI=1S/C33H42IN5O4/c1-21-6-7-26(38-18-27-8-9-28(19-38)39(27)20-34)16-30(21)32(41)36-22(2)23-12-24(14-29(13-23)43-4)25-15-31(37(3)17-25)33(42)35-10-5-11-40/h6-7,12-17,22,27-28,40H,5,8-11,18-20H2,1-4H3,(H,35,42)(H,36,41)/t22-,27-,28+/m1/s1. The van der Waals surface area contributed by atoms with Crippen molar-refractivity contribution in [3.8, 4) is 16.9 Å². The summed E-state index contributed by atoms with van der Waals surface area (Å²) < 4.78 is 8.47. The molecule has 2 fully saturated rings. The van der Waals surface area contributed by atoms with Crippen molar-refractivity contribution in [3.05, 3.63) is 71.0 Å². The van der Waals surface area contributed by atoms with Gasteiger partial charge in [0.2, 0.25) is 0 Å². The van der Waals surface area contributed by atoms with Crippen LogP contribution in [0.2, 0.25) is 0 Å². The third-order valence-electron chi connectivity index (χ3n) is 8.81. The zero-order valence-electron chi connectivity index (χ0n) is 25.4. The van der Waals surface area contributed by atoms with Crippen LogP contribution in [0.25, 0.3) is 11.1 Å². The van der Waals surface area contributed by atoms with Gasteiger partial charge in [-0.3, -0.25) is 14.5 Å². The molecule has 2 amide bonds. The fourth-order valence-electron chi connectivity index (χ4n) is 6.28. The Bertz CT molecular complexity index is 1460. The summed E-state index contributed by atoms with van der Waals surface area (Å²) in [7, 11) is 3.46. The van der Waals surface area contributed by atoms with Crippen LogP contribution in [0.3, 0.4) is 0 Å². The van der Waals surface area contributed by atoms with Gasteiger partial charge in [0.1, 0.15) is 11.4 Å². The van der Waals surface area contributed by atoms with E-state index in [2.05, 4.69) is 55.2 Å². The van der Waals surface area contributed by atoms with E-state index in [0.717, 1.165) is 45.6 Å². The zero-order chi connectivity index (χ0) is 30.7. The molecule has 3 aromatic rings. The van der Waals surface area contributed by atoms with Crippen LogP contribution in [0, 0.1) is 6.92 Å². The van der Waals surface area contributed by atoms with Crippen molar-refractivity contribution >= 4 is 40.1 Å². The summed E-state index contributed by atoms with van der Waals surface area (Å²) in [5.74, 6) is 0.375. The van der Waals surface area contributed by atoms with Gasteiger partial charge in [0.05, 0.1) is 17.7 Å². The Hall–Kier alpha value is -3.09. The largest absolute Gasteiger partial charge is 0.497 e. The summed E-state index contributed by atoms with van der Waals surface area (Å²) in [6.07, 6.45) is 4.90. The van der Waals surface area contributed by atoms with E-state index in [1.807, 2.05) is 57.4 Å². The minimum atomic E-state index is -0.280. The van der Waals surface area contributed by atoms with Crippen LogP contribution in [0.15, 0.2) is 48.7 Å². The number of nitrogens with zero attached hydrogens (tertiary/aromatic N) is 3. The first kappa shape index (κ1) is 31.3. The molecule has 10 heteroatoms. The number of hydrogen-bond acceptors (Lipinski definition) is 6. The van der Waals surface area contributed by atoms with Gasteiger partial charge in [-0.15, -0.1) is 0 Å². The van der Waals surface area contributed by atoms with Crippen molar-refractivity contribution in [1.82, 2.24) is 20.1 Å². The number of anilines is 1. The molecule has 2 aliphatic rings. The van der Waals surface area contributed by atoms with Crippen LogP contribution in [0.1, 0.15) is 64.2 Å². The van der Waals surface area contributed by atoms with Gasteiger partial charge < -0.3 is 29.9 Å². The number of aryl methyl sites for hydroxylation is 2. The van der Waals surface area contributed by atoms with E-state index < -0.39 is 0 Å². The number of halogens is 1. The summed E-state index contributed by atoms with van der Waals surface area (Å²) in [4.78, 5) is 31.4. The van der Waals surface area contributed by atoms with Gasteiger partial charge in [-0.1, -0.05) is 28.7 Å². The molecule has 0 aliphatic carbocycles. The van der Waals surface area contributed by atoms with E-state index in [0.29, 0.717) is 42.1 Å². The highest BCUT2D eigenvalue weighted by Gasteiger charge is 2.39. The molecule has 2 aliphatic heterocycles. The number of carbonyl (C=O) groups is 2. The number of carbonyl (C=O) groups excluding carboxylic acids is 2.